The van der Waals surface area contributed by atoms with E-state index in [4.69, 9.17) is 9.47 Å². The Labute approximate surface area is 154 Å². The molecule has 6 nitrogen and oxygen atoms in total. The van der Waals surface area contributed by atoms with Crippen LogP contribution >= 0.6 is 0 Å². The van der Waals surface area contributed by atoms with Crippen molar-refractivity contribution >= 4 is 11.8 Å². The second kappa shape index (κ2) is 6.82. The molecule has 4 rings (SSSR count). The first kappa shape index (κ1) is 17.2. The Kier molecular flexibility index (Phi) is 4.51. The standard InChI is InChI=1S/C20H26N2O4/c1-25-15-7-8-16(18(11-15)26-2)17-4-3-9-21(17)20(24)13-10-19(23)22(12-13)14-5-6-14/h7-8,11,13-14,17H,3-6,9-10,12H2,1-2H3. The van der Waals surface area contributed by atoms with Gasteiger partial charge in [0.25, 0.3) is 0 Å². The Morgan fingerprint density at radius 3 is 2.65 bits per heavy atom. The molecule has 1 aliphatic carbocycles. The summed E-state index contributed by atoms with van der Waals surface area (Å²) in [4.78, 5) is 29.3. The average Bonchev–Trinajstić information content (AvgIpc) is 3.25. The largest absolute Gasteiger partial charge is 0.497 e. The molecule has 0 radical (unpaired) electrons. The third kappa shape index (κ3) is 3.02. The number of ether oxygens (including phenoxy) is 2. The number of likely N-dealkylation sites (tertiary alicyclic amines) is 2. The summed E-state index contributed by atoms with van der Waals surface area (Å²) in [5, 5.41) is 0. The van der Waals surface area contributed by atoms with Crippen LogP contribution in [0.25, 0.3) is 0 Å². The fourth-order valence-corrected chi connectivity index (χ4v) is 4.32. The molecule has 6 heteroatoms. The van der Waals surface area contributed by atoms with Crippen LogP contribution in [-0.2, 0) is 9.59 Å². The van der Waals surface area contributed by atoms with Gasteiger partial charge in [0.2, 0.25) is 11.8 Å². The van der Waals surface area contributed by atoms with Crippen molar-refractivity contribution in [2.75, 3.05) is 27.3 Å². The first-order valence-electron chi connectivity index (χ1n) is 9.44. The Morgan fingerprint density at radius 1 is 1.15 bits per heavy atom. The lowest BCUT2D eigenvalue weighted by molar-refractivity contribution is -0.136. The monoisotopic (exact) mass is 358 g/mol. The van der Waals surface area contributed by atoms with Crippen molar-refractivity contribution in [3.63, 3.8) is 0 Å². The number of methoxy groups -OCH3 is 2. The van der Waals surface area contributed by atoms with E-state index in [2.05, 4.69) is 0 Å². The summed E-state index contributed by atoms with van der Waals surface area (Å²) < 4.78 is 10.8. The first-order valence-corrected chi connectivity index (χ1v) is 9.44. The van der Waals surface area contributed by atoms with Gasteiger partial charge in [-0.2, -0.15) is 0 Å². The highest BCUT2D eigenvalue weighted by Gasteiger charge is 2.44. The number of amides is 2. The lowest BCUT2D eigenvalue weighted by Gasteiger charge is -2.28. The van der Waals surface area contributed by atoms with Gasteiger partial charge in [-0.15, -0.1) is 0 Å². The number of carbonyl (C=O) groups excluding carboxylic acids is 2. The fraction of sp³-hybridized carbons (Fsp3) is 0.600. The molecule has 2 saturated heterocycles. The highest BCUT2D eigenvalue weighted by Crippen LogP contribution is 2.41. The predicted molar refractivity (Wildman–Crippen MR) is 96.1 cm³/mol. The topological polar surface area (TPSA) is 59.1 Å². The van der Waals surface area contributed by atoms with E-state index in [1.807, 2.05) is 28.0 Å². The smallest absolute Gasteiger partial charge is 0.228 e. The van der Waals surface area contributed by atoms with Crippen molar-refractivity contribution in [2.24, 2.45) is 5.92 Å². The van der Waals surface area contributed by atoms with Crippen LogP contribution in [0.3, 0.4) is 0 Å². The quantitative estimate of drug-likeness (QED) is 0.811. The van der Waals surface area contributed by atoms with Crippen molar-refractivity contribution < 1.29 is 19.1 Å². The summed E-state index contributed by atoms with van der Waals surface area (Å²) >= 11 is 0. The SMILES string of the molecule is COc1ccc(C2CCCN2C(=O)C2CC(=O)N(C3CC3)C2)c(OC)c1. The van der Waals surface area contributed by atoms with E-state index in [-0.39, 0.29) is 23.8 Å². The Balaban J connectivity index is 1.53. The van der Waals surface area contributed by atoms with Crippen LogP contribution in [0.4, 0.5) is 0 Å². The second-order valence-corrected chi connectivity index (χ2v) is 7.48. The molecular weight excluding hydrogens is 332 g/mol. The van der Waals surface area contributed by atoms with Crippen LogP contribution in [0.2, 0.25) is 0 Å². The summed E-state index contributed by atoms with van der Waals surface area (Å²) in [5.74, 6) is 1.54. The maximum Gasteiger partial charge on any atom is 0.228 e. The third-order valence-electron chi connectivity index (χ3n) is 5.83. The number of hydrogen-bond donors (Lipinski definition) is 0. The van der Waals surface area contributed by atoms with E-state index in [1.165, 1.54) is 0 Å². The van der Waals surface area contributed by atoms with Crippen LogP contribution in [-0.4, -0.2) is 55.0 Å². The summed E-state index contributed by atoms with van der Waals surface area (Å²) in [6, 6.07) is 6.16. The molecule has 2 amide bonds. The number of nitrogens with zero attached hydrogens (tertiary/aromatic N) is 2. The number of hydrogen-bond acceptors (Lipinski definition) is 4. The molecular formula is C20H26N2O4. The van der Waals surface area contributed by atoms with E-state index < -0.39 is 0 Å². The first-order chi connectivity index (χ1) is 12.6. The number of benzene rings is 1. The zero-order chi connectivity index (χ0) is 18.3. The van der Waals surface area contributed by atoms with E-state index in [9.17, 15) is 9.59 Å². The van der Waals surface area contributed by atoms with E-state index in [0.29, 0.717) is 19.0 Å². The Morgan fingerprint density at radius 2 is 1.96 bits per heavy atom. The maximum atomic E-state index is 13.2. The van der Waals surface area contributed by atoms with Crippen LogP contribution in [0.1, 0.15) is 43.7 Å². The molecule has 0 N–H and O–H groups in total. The van der Waals surface area contributed by atoms with Gasteiger partial charge in [0, 0.05) is 37.2 Å². The summed E-state index contributed by atoms with van der Waals surface area (Å²) in [6.07, 6.45) is 4.42. The Hall–Kier alpha value is -2.24. The third-order valence-corrected chi connectivity index (χ3v) is 5.83. The number of carbonyl (C=O) groups is 2. The zero-order valence-corrected chi connectivity index (χ0v) is 15.4. The van der Waals surface area contributed by atoms with E-state index in [1.54, 1.807) is 14.2 Å². The second-order valence-electron chi connectivity index (χ2n) is 7.48. The molecule has 3 fully saturated rings. The summed E-state index contributed by atoms with van der Waals surface area (Å²) in [5.41, 5.74) is 1.02. The highest BCUT2D eigenvalue weighted by atomic mass is 16.5. The Bertz CT molecular complexity index is 716. The minimum atomic E-state index is -0.201. The zero-order valence-electron chi connectivity index (χ0n) is 15.4. The minimum absolute atomic E-state index is 0.00781. The lowest BCUT2D eigenvalue weighted by atomic mass is 10.0. The molecule has 1 saturated carbocycles. The van der Waals surface area contributed by atoms with Crippen molar-refractivity contribution in [3.8, 4) is 11.5 Å². The fourth-order valence-electron chi connectivity index (χ4n) is 4.32. The van der Waals surface area contributed by atoms with Gasteiger partial charge in [-0.3, -0.25) is 9.59 Å². The normalized spacial score (nSPS) is 25.7. The molecule has 1 aromatic rings. The molecule has 26 heavy (non-hydrogen) atoms. The van der Waals surface area contributed by atoms with Crippen LogP contribution in [0.5, 0.6) is 11.5 Å². The van der Waals surface area contributed by atoms with Crippen molar-refractivity contribution in [1.29, 1.82) is 0 Å². The molecule has 3 aliphatic rings. The molecule has 2 heterocycles. The van der Waals surface area contributed by atoms with Gasteiger partial charge >= 0.3 is 0 Å². The number of rotatable bonds is 5. The molecule has 1 aromatic carbocycles. The predicted octanol–water partition coefficient (Wildman–Crippen LogP) is 2.38. The van der Waals surface area contributed by atoms with Gasteiger partial charge in [0.1, 0.15) is 11.5 Å². The molecule has 0 bridgehead atoms. The van der Waals surface area contributed by atoms with E-state index >= 15 is 0 Å². The van der Waals surface area contributed by atoms with Crippen molar-refractivity contribution in [1.82, 2.24) is 9.80 Å². The molecule has 0 aromatic heterocycles. The van der Waals surface area contributed by atoms with Gasteiger partial charge in [-0.25, -0.2) is 0 Å². The van der Waals surface area contributed by atoms with Gasteiger partial charge in [0.15, 0.2) is 0 Å². The molecule has 2 unspecified atom stereocenters. The van der Waals surface area contributed by atoms with Crippen LogP contribution in [0, 0.1) is 5.92 Å². The van der Waals surface area contributed by atoms with Gasteiger partial charge in [0.05, 0.1) is 26.2 Å². The van der Waals surface area contributed by atoms with Crippen LogP contribution in [0.15, 0.2) is 18.2 Å². The average molecular weight is 358 g/mol. The molecule has 2 aliphatic heterocycles. The minimum Gasteiger partial charge on any atom is -0.497 e. The lowest BCUT2D eigenvalue weighted by Crippen LogP contribution is -2.37. The van der Waals surface area contributed by atoms with Gasteiger partial charge < -0.3 is 19.3 Å². The maximum absolute atomic E-state index is 13.2. The molecule has 2 atom stereocenters. The highest BCUT2D eigenvalue weighted by molar-refractivity contribution is 5.90. The summed E-state index contributed by atoms with van der Waals surface area (Å²) in [7, 11) is 3.27. The van der Waals surface area contributed by atoms with Gasteiger partial charge in [-0.05, 0) is 37.8 Å². The van der Waals surface area contributed by atoms with Crippen molar-refractivity contribution in [3.05, 3.63) is 23.8 Å². The summed E-state index contributed by atoms with van der Waals surface area (Å²) in [6.45, 7) is 1.33. The molecule has 140 valence electrons. The van der Waals surface area contributed by atoms with E-state index in [0.717, 1.165) is 49.3 Å². The molecule has 0 spiro atoms. The van der Waals surface area contributed by atoms with Crippen LogP contribution < -0.4 is 9.47 Å². The van der Waals surface area contributed by atoms with Gasteiger partial charge in [-0.1, -0.05) is 0 Å². The van der Waals surface area contributed by atoms with Crippen molar-refractivity contribution in [2.45, 2.75) is 44.2 Å².